The summed E-state index contributed by atoms with van der Waals surface area (Å²) >= 11 is 3.16. The number of aromatic nitrogens is 1. The topological polar surface area (TPSA) is 77.8 Å². The van der Waals surface area contributed by atoms with E-state index in [0.29, 0.717) is 23.9 Å². The van der Waals surface area contributed by atoms with Gasteiger partial charge in [0.25, 0.3) is 5.92 Å². The van der Waals surface area contributed by atoms with E-state index < -0.39 is 17.9 Å². The van der Waals surface area contributed by atoms with E-state index in [9.17, 15) is 13.6 Å². The van der Waals surface area contributed by atoms with E-state index in [2.05, 4.69) is 31.5 Å². The number of halogens is 3. The highest BCUT2D eigenvalue weighted by atomic mass is 79.9. The van der Waals surface area contributed by atoms with Gasteiger partial charge in [-0.2, -0.15) is 5.26 Å². The highest BCUT2D eigenvalue weighted by molar-refractivity contribution is 9.10. The third-order valence-electron chi connectivity index (χ3n) is 3.16. The summed E-state index contributed by atoms with van der Waals surface area (Å²) in [6.07, 6.45) is 0.867. The minimum atomic E-state index is -2.50. The molecule has 1 aromatic heterocycles. The maximum absolute atomic E-state index is 12.6. The Morgan fingerprint density at radius 1 is 1.57 bits per heavy atom. The molecule has 0 aliphatic heterocycles. The molecule has 1 heterocycles. The van der Waals surface area contributed by atoms with Crippen LogP contribution in [-0.4, -0.2) is 23.5 Å². The lowest BCUT2D eigenvalue weighted by Gasteiger charge is -2.07. The predicted molar refractivity (Wildman–Crippen MR) is 76.0 cm³/mol. The van der Waals surface area contributed by atoms with Crippen LogP contribution in [0.4, 0.5) is 19.4 Å². The van der Waals surface area contributed by atoms with Gasteiger partial charge in [-0.15, -0.1) is 0 Å². The first-order valence-electron chi connectivity index (χ1n) is 6.41. The monoisotopic (exact) mass is 358 g/mol. The third-order valence-corrected chi connectivity index (χ3v) is 3.80. The van der Waals surface area contributed by atoms with E-state index in [-0.39, 0.29) is 17.9 Å². The van der Waals surface area contributed by atoms with E-state index in [1.807, 2.05) is 6.07 Å². The smallest absolute Gasteiger partial charge is 0.320 e. The summed E-state index contributed by atoms with van der Waals surface area (Å²) in [5.41, 5.74) is 0.170. The van der Waals surface area contributed by atoms with Gasteiger partial charge in [0.15, 0.2) is 5.69 Å². The molecule has 1 fully saturated rings. The lowest BCUT2D eigenvalue weighted by molar-refractivity contribution is 0.0967. The number of carbonyl (C=O) groups is 1. The maximum Gasteiger partial charge on any atom is 0.320 e. The molecule has 0 saturated heterocycles. The molecule has 112 valence electrons. The number of amides is 2. The van der Waals surface area contributed by atoms with Crippen molar-refractivity contribution in [3.05, 3.63) is 22.3 Å². The average molecular weight is 359 g/mol. The molecule has 8 heteroatoms. The number of alkyl halides is 2. The van der Waals surface area contributed by atoms with Crippen LogP contribution in [0.2, 0.25) is 0 Å². The second-order valence-corrected chi connectivity index (χ2v) is 5.68. The van der Waals surface area contributed by atoms with Crippen molar-refractivity contribution in [3.63, 3.8) is 0 Å². The van der Waals surface area contributed by atoms with E-state index in [4.69, 9.17) is 5.26 Å². The molecule has 1 saturated carbocycles. The van der Waals surface area contributed by atoms with Crippen LogP contribution in [0, 0.1) is 17.2 Å². The molecule has 5 nitrogen and oxygen atoms in total. The first-order valence-corrected chi connectivity index (χ1v) is 7.21. The second-order valence-electron chi connectivity index (χ2n) is 4.82. The van der Waals surface area contributed by atoms with Crippen molar-refractivity contribution in [2.75, 3.05) is 11.9 Å². The summed E-state index contributed by atoms with van der Waals surface area (Å²) in [6.45, 7) is 0.319. The van der Waals surface area contributed by atoms with Crippen LogP contribution >= 0.6 is 15.9 Å². The first-order chi connectivity index (χ1) is 9.92. The van der Waals surface area contributed by atoms with Crippen LogP contribution in [0.5, 0.6) is 0 Å². The molecular weight excluding hydrogens is 346 g/mol. The van der Waals surface area contributed by atoms with Gasteiger partial charge in [0.2, 0.25) is 0 Å². The van der Waals surface area contributed by atoms with Crippen molar-refractivity contribution in [3.8, 4) is 6.07 Å². The van der Waals surface area contributed by atoms with E-state index in [1.165, 1.54) is 0 Å². The molecule has 0 aromatic carbocycles. The van der Waals surface area contributed by atoms with Crippen LogP contribution in [0.3, 0.4) is 0 Å². The first kappa shape index (κ1) is 15.6. The molecule has 1 atom stereocenters. The van der Waals surface area contributed by atoms with Crippen LogP contribution in [-0.2, 0) is 0 Å². The summed E-state index contributed by atoms with van der Waals surface area (Å²) < 4.78 is 25.8. The quantitative estimate of drug-likeness (QED) is 0.792. The van der Waals surface area contributed by atoms with Crippen molar-refractivity contribution in [1.29, 1.82) is 5.26 Å². The number of nitrogens with one attached hydrogen (secondary N) is 2. The molecule has 2 N–H and O–H groups in total. The number of nitriles is 1. The molecule has 1 aliphatic rings. The number of pyridine rings is 1. The number of nitrogens with zero attached hydrogens (tertiary/aromatic N) is 2. The Bertz CT molecular complexity index is 588. The Morgan fingerprint density at radius 2 is 2.29 bits per heavy atom. The lowest BCUT2D eigenvalue weighted by atomic mass is 10.2. The van der Waals surface area contributed by atoms with Gasteiger partial charge in [-0.3, -0.25) is 5.32 Å². The Balaban J connectivity index is 1.71. The number of hydrogen-bond donors (Lipinski definition) is 2. The zero-order valence-corrected chi connectivity index (χ0v) is 12.6. The van der Waals surface area contributed by atoms with E-state index >= 15 is 0 Å². The Labute approximate surface area is 128 Å². The molecule has 2 amide bonds. The Kier molecular flexibility index (Phi) is 4.73. The van der Waals surface area contributed by atoms with Crippen LogP contribution in [0.15, 0.2) is 16.6 Å². The lowest BCUT2D eigenvalue weighted by Crippen LogP contribution is -2.30. The van der Waals surface area contributed by atoms with Gasteiger partial charge in [-0.25, -0.2) is 18.6 Å². The van der Waals surface area contributed by atoms with E-state index in [1.54, 1.807) is 12.1 Å². The zero-order chi connectivity index (χ0) is 15.5. The summed E-state index contributed by atoms with van der Waals surface area (Å²) in [5, 5.41) is 13.9. The molecule has 1 aromatic rings. The normalized spacial score (nSPS) is 18.7. The summed E-state index contributed by atoms with van der Waals surface area (Å²) in [4.78, 5) is 15.5. The number of anilines is 1. The Morgan fingerprint density at radius 3 is 2.90 bits per heavy atom. The molecule has 0 spiro atoms. The fourth-order valence-corrected chi connectivity index (χ4v) is 2.19. The molecule has 0 bridgehead atoms. The Hall–Kier alpha value is -1.75. The molecular formula is C13H13BrF2N4O. The molecule has 2 rings (SSSR count). The summed E-state index contributed by atoms with van der Waals surface area (Å²) in [5.74, 6) is -2.79. The van der Waals surface area contributed by atoms with Crippen molar-refractivity contribution < 1.29 is 13.6 Å². The fourth-order valence-electron chi connectivity index (χ4n) is 1.88. The minimum absolute atomic E-state index is 0.0427. The van der Waals surface area contributed by atoms with Crippen molar-refractivity contribution in [1.82, 2.24) is 10.3 Å². The van der Waals surface area contributed by atoms with Crippen molar-refractivity contribution >= 4 is 27.8 Å². The predicted octanol–water partition coefficient (Wildman–Crippen LogP) is 3.27. The zero-order valence-electron chi connectivity index (χ0n) is 11.0. The molecule has 0 radical (unpaired) electrons. The van der Waals surface area contributed by atoms with Gasteiger partial charge >= 0.3 is 6.03 Å². The van der Waals surface area contributed by atoms with E-state index in [0.717, 1.165) is 0 Å². The standard InChI is InChI=1S/C13H13BrF2N4O/c14-9-3-4-11(19-10(9)7-17)20-12(21)18-5-1-2-8-6-13(8,15)16/h3-4,8H,1-2,5-6H2,(H2,18,19,20,21). The molecule has 21 heavy (non-hydrogen) atoms. The fraction of sp³-hybridized carbons (Fsp3) is 0.462. The highest BCUT2D eigenvalue weighted by Gasteiger charge is 2.55. The number of carbonyl (C=O) groups excluding carboxylic acids is 1. The van der Waals surface area contributed by atoms with Gasteiger partial charge in [-0.05, 0) is 40.9 Å². The summed E-state index contributed by atoms with van der Waals surface area (Å²) in [6, 6.07) is 4.57. The van der Waals surface area contributed by atoms with Crippen molar-refractivity contribution in [2.24, 2.45) is 5.92 Å². The van der Waals surface area contributed by atoms with Gasteiger partial charge in [-0.1, -0.05) is 0 Å². The van der Waals surface area contributed by atoms with Crippen LogP contribution < -0.4 is 10.6 Å². The average Bonchev–Trinajstić information content (AvgIpc) is 3.04. The van der Waals surface area contributed by atoms with Crippen LogP contribution in [0.1, 0.15) is 25.0 Å². The number of hydrogen-bond acceptors (Lipinski definition) is 3. The maximum atomic E-state index is 12.6. The molecule has 1 aliphatic carbocycles. The van der Waals surface area contributed by atoms with Gasteiger partial charge in [0, 0.05) is 18.9 Å². The SMILES string of the molecule is N#Cc1nc(NC(=O)NCCCC2CC2(F)F)ccc1Br. The largest absolute Gasteiger partial charge is 0.338 e. The minimum Gasteiger partial charge on any atom is -0.338 e. The third kappa shape index (κ3) is 4.36. The van der Waals surface area contributed by atoms with Crippen molar-refractivity contribution in [2.45, 2.75) is 25.2 Å². The van der Waals surface area contributed by atoms with Gasteiger partial charge in [0.05, 0.1) is 4.47 Å². The van der Waals surface area contributed by atoms with Crippen LogP contribution in [0.25, 0.3) is 0 Å². The van der Waals surface area contributed by atoms with Gasteiger partial charge in [0.1, 0.15) is 11.9 Å². The summed E-state index contributed by atoms with van der Waals surface area (Å²) in [7, 11) is 0. The number of rotatable bonds is 5. The number of urea groups is 1. The second kappa shape index (κ2) is 6.35. The van der Waals surface area contributed by atoms with Gasteiger partial charge < -0.3 is 5.32 Å². The molecule has 1 unspecified atom stereocenters. The highest BCUT2D eigenvalue weighted by Crippen LogP contribution is 2.51.